The van der Waals surface area contributed by atoms with Crippen molar-refractivity contribution in [3.05, 3.63) is 28.5 Å². The van der Waals surface area contributed by atoms with Gasteiger partial charge in [0.25, 0.3) is 0 Å². The van der Waals surface area contributed by atoms with Crippen LogP contribution in [0.3, 0.4) is 0 Å². The van der Waals surface area contributed by atoms with E-state index in [1.807, 2.05) is 13.0 Å². The lowest BCUT2D eigenvalue weighted by molar-refractivity contribution is 0.807. The van der Waals surface area contributed by atoms with Gasteiger partial charge in [0.05, 0.1) is 0 Å². The second-order valence-electron chi connectivity index (χ2n) is 3.67. The maximum atomic E-state index is 6.03. The van der Waals surface area contributed by atoms with Crippen molar-refractivity contribution < 1.29 is 0 Å². The third-order valence-corrected chi connectivity index (χ3v) is 2.94. The first kappa shape index (κ1) is 8.97. The molecule has 1 aromatic rings. The van der Waals surface area contributed by atoms with Crippen LogP contribution < -0.4 is 5.73 Å². The van der Waals surface area contributed by atoms with E-state index in [1.165, 1.54) is 12.0 Å². The Morgan fingerprint density at radius 3 is 2.92 bits per heavy atom. The van der Waals surface area contributed by atoms with E-state index in [1.54, 1.807) is 0 Å². The minimum atomic E-state index is 0.561. The van der Waals surface area contributed by atoms with Gasteiger partial charge >= 0.3 is 0 Å². The van der Waals surface area contributed by atoms with Crippen LogP contribution in [0.25, 0.3) is 0 Å². The molecule has 1 saturated carbocycles. The Labute approximate surface area is 83.1 Å². The molecule has 2 atom stereocenters. The highest BCUT2D eigenvalue weighted by Gasteiger charge is 2.38. The second-order valence-corrected chi connectivity index (χ2v) is 4.03. The second kappa shape index (κ2) is 3.28. The predicted octanol–water partition coefficient (Wildman–Crippen LogP) is 2.11. The molecular formula is C10H13ClN2. The number of hydrogen-bond acceptors (Lipinski definition) is 2. The average Bonchev–Trinajstić information content (AvgIpc) is 2.83. The maximum Gasteiger partial charge on any atom is 0.132 e. The molecule has 1 fully saturated rings. The van der Waals surface area contributed by atoms with Crippen LogP contribution in [0.15, 0.2) is 12.1 Å². The fourth-order valence-corrected chi connectivity index (χ4v) is 2.04. The number of hydrogen-bond donors (Lipinski definition) is 1. The highest BCUT2D eigenvalue weighted by atomic mass is 35.5. The van der Waals surface area contributed by atoms with Gasteiger partial charge in [-0.15, -0.1) is 0 Å². The molecule has 1 aromatic heterocycles. The van der Waals surface area contributed by atoms with Crippen LogP contribution in [0.5, 0.6) is 0 Å². The average molecular weight is 197 g/mol. The lowest BCUT2D eigenvalue weighted by Gasteiger charge is -2.02. The SMILES string of the molecule is Cc1ccc([C@@H]2C[C@H]2CN)c(Cl)n1. The van der Waals surface area contributed by atoms with Gasteiger partial charge in [-0.25, -0.2) is 4.98 Å². The molecule has 0 bridgehead atoms. The Kier molecular flexibility index (Phi) is 2.26. The molecule has 0 aliphatic heterocycles. The maximum absolute atomic E-state index is 6.03. The van der Waals surface area contributed by atoms with Gasteiger partial charge in [0.15, 0.2) is 0 Å². The predicted molar refractivity (Wildman–Crippen MR) is 53.9 cm³/mol. The Balaban J connectivity index is 2.22. The van der Waals surface area contributed by atoms with E-state index in [0.29, 0.717) is 17.0 Å². The van der Waals surface area contributed by atoms with E-state index in [2.05, 4.69) is 11.1 Å². The van der Waals surface area contributed by atoms with Crippen molar-refractivity contribution in [3.8, 4) is 0 Å². The molecule has 0 saturated heterocycles. The largest absolute Gasteiger partial charge is 0.330 e. The molecule has 3 heteroatoms. The number of aryl methyl sites for hydroxylation is 1. The van der Waals surface area contributed by atoms with Crippen molar-refractivity contribution in [2.24, 2.45) is 11.7 Å². The number of aromatic nitrogens is 1. The summed E-state index contributed by atoms with van der Waals surface area (Å²) in [6, 6.07) is 4.08. The molecule has 0 amide bonds. The Morgan fingerprint density at radius 1 is 1.62 bits per heavy atom. The topological polar surface area (TPSA) is 38.9 Å². The summed E-state index contributed by atoms with van der Waals surface area (Å²) in [7, 11) is 0. The number of rotatable bonds is 2. The van der Waals surface area contributed by atoms with Crippen LogP contribution in [0.4, 0.5) is 0 Å². The summed E-state index contributed by atoms with van der Waals surface area (Å²) in [5.74, 6) is 1.19. The zero-order valence-corrected chi connectivity index (χ0v) is 8.38. The Bertz CT molecular complexity index is 325. The van der Waals surface area contributed by atoms with Gasteiger partial charge in [-0.2, -0.15) is 0 Å². The third kappa shape index (κ3) is 1.69. The van der Waals surface area contributed by atoms with E-state index in [-0.39, 0.29) is 0 Å². The standard InChI is InChI=1S/C10H13ClN2/c1-6-2-3-8(10(11)13-6)9-4-7(9)5-12/h2-3,7,9H,4-5,12H2,1H3/t7-,9+/m0/s1. The molecule has 2 rings (SSSR count). The normalized spacial score (nSPS) is 26.1. The Hall–Kier alpha value is -0.600. The molecule has 13 heavy (non-hydrogen) atoms. The summed E-state index contributed by atoms with van der Waals surface area (Å²) in [6.07, 6.45) is 1.17. The lowest BCUT2D eigenvalue weighted by atomic mass is 10.1. The zero-order valence-electron chi connectivity index (χ0n) is 7.63. The van der Waals surface area contributed by atoms with Crippen LogP contribution in [0, 0.1) is 12.8 Å². The van der Waals surface area contributed by atoms with Gasteiger partial charge in [0.2, 0.25) is 0 Å². The van der Waals surface area contributed by atoms with Crippen LogP contribution >= 0.6 is 11.6 Å². The third-order valence-electron chi connectivity index (χ3n) is 2.64. The Morgan fingerprint density at radius 2 is 2.38 bits per heavy atom. The quantitative estimate of drug-likeness (QED) is 0.736. The van der Waals surface area contributed by atoms with Crippen molar-refractivity contribution in [2.45, 2.75) is 19.3 Å². The molecule has 2 N–H and O–H groups in total. The fraction of sp³-hybridized carbons (Fsp3) is 0.500. The molecule has 1 aliphatic carbocycles. The molecule has 2 nitrogen and oxygen atoms in total. The van der Waals surface area contributed by atoms with E-state index in [4.69, 9.17) is 17.3 Å². The minimum absolute atomic E-state index is 0.561. The molecule has 0 aromatic carbocycles. The van der Waals surface area contributed by atoms with Crippen LogP contribution in [-0.2, 0) is 0 Å². The fourth-order valence-electron chi connectivity index (χ4n) is 1.70. The number of nitrogens with zero attached hydrogens (tertiary/aromatic N) is 1. The van der Waals surface area contributed by atoms with Crippen LogP contribution in [0.2, 0.25) is 5.15 Å². The first-order valence-electron chi connectivity index (χ1n) is 4.55. The van der Waals surface area contributed by atoms with Crippen LogP contribution in [0.1, 0.15) is 23.6 Å². The van der Waals surface area contributed by atoms with Crippen molar-refractivity contribution >= 4 is 11.6 Å². The highest BCUT2D eigenvalue weighted by molar-refractivity contribution is 6.30. The van der Waals surface area contributed by atoms with Gasteiger partial charge in [0.1, 0.15) is 5.15 Å². The van der Waals surface area contributed by atoms with Crippen molar-refractivity contribution in [1.29, 1.82) is 0 Å². The summed E-state index contributed by atoms with van der Waals surface area (Å²) in [6.45, 7) is 2.71. The first-order chi connectivity index (χ1) is 6.22. The smallest absolute Gasteiger partial charge is 0.132 e. The summed E-state index contributed by atoms with van der Waals surface area (Å²) in [5.41, 5.74) is 7.72. The van der Waals surface area contributed by atoms with Crippen molar-refractivity contribution in [2.75, 3.05) is 6.54 Å². The van der Waals surface area contributed by atoms with E-state index in [0.717, 1.165) is 12.2 Å². The summed E-state index contributed by atoms with van der Waals surface area (Å²) in [5, 5.41) is 0.654. The number of nitrogens with two attached hydrogens (primary N) is 1. The first-order valence-corrected chi connectivity index (χ1v) is 4.93. The van der Waals surface area contributed by atoms with Crippen molar-refractivity contribution in [3.63, 3.8) is 0 Å². The monoisotopic (exact) mass is 196 g/mol. The lowest BCUT2D eigenvalue weighted by Crippen LogP contribution is -2.02. The summed E-state index contributed by atoms with van der Waals surface area (Å²) >= 11 is 6.03. The molecular weight excluding hydrogens is 184 g/mol. The molecule has 0 spiro atoms. The zero-order chi connectivity index (χ0) is 9.42. The van der Waals surface area contributed by atoms with E-state index in [9.17, 15) is 0 Å². The summed E-state index contributed by atoms with van der Waals surface area (Å²) in [4.78, 5) is 4.23. The molecule has 0 radical (unpaired) electrons. The van der Waals surface area contributed by atoms with Gasteiger partial charge in [-0.1, -0.05) is 17.7 Å². The number of halogens is 1. The van der Waals surface area contributed by atoms with Gasteiger partial charge < -0.3 is 5.73 Å². The summed E-state index contributed by atoms with van der Waals surface area (Å²) < 4.78 is 0. The van der Waals surface area contributed by atoms with E-state index < -0.39 is 0 Å². The number of pyridine rings is 1. The van der Waals surface area contributed by atoms with Gasteiger partial charge in [-0.3, -0.25) is 0 Å². The molecule has 70 valence electrons. The van der Waals surface area contributed by atoms with Gasteiger partial charge in [0, 0.05) is 5.69 Å². The highest BCUT2D eigenvalue weighted by Crippen LogP contribution is 2.48. The molecule has 1 aliphatic rings. The molecule has 1 heterocycles. The minimum Gasteiger partial charge on any atom is -0.330 e. The van der Waals surface area contributed by atoms with E-state index >= 15 is 0 Å². The van der Waals surface area contributed by atoms with Gasteiger partial charge in [-0.05, 0) is 43.4 Å². The van der Waals surface area contributed by atoms with Crippen LogP contribution in [-0.4, -0.2) is 11.5 Å². The van der Waals surface area contributed by atoms with Crippen molar-refractivity contribution in [1.82, 2.24) is 4.98 Å². The molecule has 0 unspecified atom stereocenters.